The first-order valence-electron chi connectivity index (χ1n) is 5.78. The molecule has 1 N–H and O–H groups in total. The lowest BCUT2D eigenvalue weighted by Gasteiger charge is -2.25. The summed E-state index contributed by atoms with van der Waals surface area (Å²) >= 11 is 0. The smallest absolute Gasteiger partial charge is 0.235 e. The van der Waals surface area contributed by atoms with Crippen molar-refractivity contribution >= 4 is 15.7 Å². The van der Waals surface area contributed by atoms with Crippen molar-refractivity contribution in [2.24, 2.45) is 0 Å². The predicted molar refractivity (Wildman–Crippen MR) is 63.9 cm³/mol. The Kier molecular flexibility index (Phi) is 3.99. The number of carbonyl (C=O) groups excluding carboxylic acids is 1. The highest BCUT2D eigenvalue weighted by Crippen LogP contribution is 2.28. The molecule has 0 bridgehead atoms. The highest BCUT2D eigenvalue weighted by atomic mass is 32.2. The first-order chi connectivity index (χ1) is 7.25. The second kappa shape index (κ2) is 4.73. The number of hydrogen-bond acceptors (Lipinski definition) is 3. The Morgan fingerprint density at radius 2 is 1.81 bits per heavy atom. The van der Waals surface area contributed by atoms with Gasteiger partial charge < -0.3 is 5.32 Å². The highest BCUT2D eigenvalue weighted by Gasteiger charge is 2.31. The topological polar surface area (TPSA) is 63.2 Å². The van der Waals surface area contributed by atoms with Gasteiger partial charge in [0.15, 0.2) is 9.84 Å². The lowest BCUT2D eigenvalue weighted by atomic mass is 10.0. The number of nitrogens with one attached hydrogen (secondary N) is 1. The van der Waals surface area contributed by atoms with Crippen molar-refractivity contribution in [2.75, 3.05) is 5.75 Å². The average Bonchev–Trinajstić information content (AvgIpc) is 2.49. The quantitative estimate of drug-likeness (QED) is 0.813. The summed E-state index contributed by atoms with van der Waals surface area (Å²) < 4.78 is 23.1. The Morgan fingerprint density at radius 1 is 1.31 bits per heavy atom. The normalized spacial score (nSPS) is 20.0. The van der Waals surface area contributed by atoms with Crippen molar-refractivity contribution in [3.05, 3.63) is 0 Å². The van der Waals surface area contributed by atoms with Crippen LogP contribution in [0, 0.1) is 0 Å². The van der Waals surface area contributed by atoms with Gasteiger partial charge in [-0.3, -0.25) is 4.79 Å². The molecule has 16 heavy (non-hydrogen) atoms. The third kappa shape index (κ3) is 3.47. The van der Waals surface area contributed by atoms with Gasteiger partial charge in [-0.1, -0.05) is 12.8 Å². The van der Waals surface area contributed by atoms with Gasteiger partial charge >= 0.3 is 0 Å². The van der Waals surface area contributed by atoms with Gasteiger partial charge in [-0.05, 0) is 33.6 Å². The lowest BCUT2D eigenvalue weighted by Crippen LogP contribution is -2.46. The molecule has 0 heterocycles. The standard InChI is InChI=1S/C11H21NO3S/c1-9(2)16(14,15)8-10(13)12-11(3)6-4-5-7-11/h9H,4-8H2,1-3H3,(H,12,13). The fourth-order valence-corrected chi connectivity index (χ4v) is 2.77. The van der Waals surface area contributed by atoms with E-state index < -0.39 is 15.1 Å². The number of rotatable bonds is 4. The molecule has 4 nitrogen and oxygen atoms in total. The zero-order valence-corrected chi connectivity index (χ0v) is 11.1. The van der Waals surface area contributed by atoms with Crippen LogP contribution in [0.2, 0.25) is 0 Å². The van der Waals surface area contributed by atoms with E-state index in [2.05, 4.69) is 5.32 Å². The van der Waals surface area contributed by atoms with Gasteiger partial charge in [-0.25, -0.2) is 8.42 Å². The van der Waals surface area contributed by atoms with Crippen molar-refractivity contribution < 1.29 is 13.2 Å². The molecule has 0 saturated heterocycles. The molecular formula is C11H21NO3S. The van der Waals surface area contributed by atoms with Gasteiger partial charge in [0, 0.05) is 5.54 Å². The van der Waals surface area contributed by atoms with Crippen LogP contribution in [-0.4, -0.2) is 30.9 Å². The summed E-state index contributed by atoms with van der Waals surface area (Å²) in [6.45, 7) is 5.18. The van der Waals surface area contributed by atoms with Crippen LogP contribution < -0.4 is 5.32 Å². The summed E-state index contributed by atoms with van der Waals surface area (Å²) in [6.07, 6.45) is 4.10. The third-order valence-electron chi connectivity index (χ3n) is 3.20. The minimum absolute atomic E-state index is 0.191. The third-order valence-corrected chi connectivity index (χ3v) is 5.30. The van der Waals surface area contributed by atoms with E-state index >= 15 is 0 Å². The molecule has 1 aliphatic carbocycles. The Hall–Kier alpha value is -0.580. The van der Waals surface area contributed by atoms with E-state index in [1.807, 2.05) is 6.92 Å². The number of carbonyl (C=O) groups is 1. The molecule has 0 spiro atoms. The van der Waals surface area contributed by atoms with Gasteiger partial charge in [0.2, 0.25) is 5.91 Å². The first-order valence-corrected chi connectivity index (χ1v) is 7.49. The maximum absolute atomic E-state index is 11.6. The molecule has 1 fully saturated rings. The van der Waals surface area contributed by atoms with Gasteiger partial charge in [-0.15, -0.1) is 0 Å². The summed E-state index contributed by atoms with van der Waals surface area (Å²) in [7, 11) is -3.28. The molecule has 0 unspecified atom stereocenters. The molecule has 0 aliphatic heterocycles. The van der Waals surface area contributed by atoms with Crippen molar-refractivity contribution in [3.8, 4) is 0 Å². The summed E-state index contributed by atoms with van der Waals surface area (Å²) in [6, 6.07) is 0. The van der Waals surface area contributed by atoms with E-state index in [-0.39, 0.29) is 17.2 Å². The zero-order chi connectivity index (χ0) is 12.4. The lowest BCUT2D eigenvalue weighted by molar-refractivity contribution is -0.120. The predicted octanol–water partition coefficient (Wildman–Crippen LogP) is 1.26. The van der Waals surface area contributed by atoms with Crippen molar-refractivity contribution in [2.45, 2.75) is 57.2 Å². The van der Waals surface area contributed by atoms with Crippen LogP contribution in [0.4, 0.5) is 0 Å². The van der Waals surface area contributed by atoms with Crippen LogP contribution in [0.15, 0.2) is 0 Å². The number of hydrogen-bond donors (Lipinski definition) is 1. The maximum atomic E-state index is 11.6. The van der Waals surface area contributed by atoms with E-state index in [0.717, 1.165) is 25.7 Å². The van der Waals surface area contributed by atoms with Crippen LogP contribution in [0.5, 0.6) is 0 Å². The average molecular weight is 247 g/mol. The molecule has 1 amide bonds. The Balaban J connectivity index is 2.54. The fraction of sp³-hybridized carbons (Fsp3) is 0.909. The van der Waals surface area contributed by atoms with Crippen LogP contribution >= 0.6 is 0 Å². The van der Waals surface area contributed by atoms with Gasteiger partial charge in [0.05, 0.1) is 5.25 Å². The molecule has 1 aliphatic rings. The zero-order valence-electron chi connectivity index (χ0n) is 10.2. The van der Waals surface area contributed by atoms with E-state index in [1.54, 1.807) is 13.8 Å². The molecule has 94 valence electrons. The van der Waals surface area contributed by atoms with Crippen molar-refractivity contribution in [1.29, 1.82) is 0 Å². The molecule has 0 radical (unpaired) electrons. The van der Waals surface area contributed by atoms with Crippen molar-refractivity contribution in [1.82, 2.24) is 5.32 Å². The second-order valence-electron chi connectivity index (χ2n) is 5.17. The minimum atomic E-state index is -3.28. The van der Waals surface area contributed by atoms with E-state index in [4.69, 9.17) is 0 Å². The minimum Gasteiger partial charge on any atom is -0.350 e. The van der Waals surface area contributed by atoms with Crippen LogP contribution in [0.25, 0.3) is 0 Å². The van der Waals surface area contributed by atoms with E-state index in [0.29, 0.717) is 0 Å². The summed E-state index contributed by atoms with van der Waals surface area (Å²) in [5.74, 6) is -0.752. The Labute approximate surface area is 97.7 Å². The van der Waals surface area contributed by atoms with Gasteiger partial charge in [0.1, 0.15) is 5.75 Å². The van der Waals surface area contributed by atoms with E-state index in [1.165, 1.54) is 0 Å². The SMILES string of the molecule is CC(C)S(=O)(=O)CC(=O)NC1(C)CCCC1. The summed E-state index contributed by atoms with van der Waals surface area (Å²) in [4.78, 5) is 11.6. The largest absolute Gasteiger partial charge is 0.350 e. The van der Waals surface area contributed by atoms with E-state index in [9.17, 15) is 13.2 Å². The monoisotopic (exact) mass is 247 g/mol. The second-order valence-corrected chi connectivity index (χ2v) is 7.73. The molecule has 0 aromatic carbocycles. The molecule has 0 aromatic rings. The van der Waals surface area contributed by atoms with Gasteiger partial charge in [0.25, 0.3) is 0 Å². The van der Waals surface area contributed by atoms with Crippen LogP contribution in [-0.2, 0) is 14.6 Å². The first kappa shape index (κ1) is 13.5. The Bertz CT molecular complexity index is 353. The summed E-state index contributed by atoms with van der Waals surface area (Å²) in [5, 5.41) is 2.36. The molecule has 0 aromatic heterocycles. The summed E-state index contributed by atoms with van der Waals surface area (Å²) in [5.41, 5.74) is -0.191. The maximum Gasteiger partial charge on any atom is 0.235 e. The van der Waals surface area contributed by atoms with Gasteiger partial charge in [-0.2, -0.15) is 0 Å². The molecule has 1 rings (SSSR count). The fourth-order valence-electron chi connectivity index (χ4n) is 2.00. The van der Waals surface area contributed by atoms with Crippen LogP contribution in [0.1, 0.15) is 46.5 Å². The molecule has 1 saturated carbocycles. The highest BCUT2D eigenvalue weighted by molar-refractivity contribution is 7.92. The molecular weight excluding hydrogens is 226 g/mol. The Morgan fingerprint density at radius 3 is 2.25 bits per heavy atom. The number of sulfone groups is 1. The molecule has 0 atom stereocenters. The van der Waals surface area contributed by atoms with Crippen molar-refractivity contribution in [3.63, 3.8) is 0 Å². The van der Waals surface area contributed by atoms with Crippen LogP contribution in [0.3, 0.4) is 0 Å². The number of amides is 1. The molecule has 5 heteroatoms.